The number of ether oxygens (including phenoxy) is 1. The Hall–Kier alpha value is -1.55. The van der Waals surface area contributed by atoms with Crippen molar-refractivity contribution in [3.63, 3.8) is 0 Å². The second-order valence-corrected chi connectivity index (χ2v) is 6.18. The normalized spacial score (nSPS) is 24.0. The predicted molar refractivity (Wildman–Crippen MR) is 82.4 cm³/mol. The molecule has 0 saturated carbocycles. The summed E-state index contributed by atoms with van der Waals surface area (Å²) in [5.74, 6) is 1.94. The van der Waals surface area contributed by atoms with Crippen molar-refractivity contribution >= 4 is 5.91 Å². The lowest BCUT2D eigenvalue weighted by Gasteiger charge is -2.25. The number of hydrogen-bond donors (Lipinski definition) is 0. The van der Waals surface area contributed by atoms with Crippen LogP contribution in [0.1, 0.15) is 18.4 Å². The predicted octanol–water partition coefficient (Wildman–Crippen LogP) is 1.79. The number of para-hydroxylation sites is 1. The van der Waals surface area contributed by atoms with Crippen molar-refractivity contribution in [2.45, 2.75) is 19.3 Å². The average molecular weight is 288 g/mol. The molecule has 0 radical (unpaired) electrons. The number of carbonyl (C=O) groups is 1. The third kappa shape index (κ3) is 3.56. The van der Waals surface area contributed by atoms with Gasteiger partial charge in [-0.2, -0.15) is 0 Å². The average Bonchev–Trinajstić information content (AvgIpc) is 2.78. The van der Waals surface area contributed by atoms with Gasteiger partial charge in [0.15, 0.2) is 0 Å². The zero-order chi connectivity index (χ0) is 14.7. The molecule has 3 rings (SSSR count). The van der Waals surface area contributed by atoms with E-state index in [1.54, 1.807) is 0 Å². The summed E-state index contributed by atoms with van der Waals surface area (Å²) in [5, 5.41) is 0. The molecular weight excluding hydrogens is 264 g/mol. The number of fused-ring (bicyclic) bond motifs is 1. The molecule has 1 amide bonds. The summed E-state index contributed by atoms with van der Waals surface area (Å²) in [6.45, 7) is 4.59. The van der Waals surface area contributed by atoms with Crippen LogP contribution in [-0.2, 0) is 11.2 Å². The molecule has 0 spiro atoms. The second kappa shape index (κ2) is 6.48. The Bertz CT molecular complexity index is 503. The third-order valence-corrected chi connectivity index (χ3v) is 4.60. The molecule has 4 nitrogen and oxygen atoms in total. The Kier molecular flexibility index (Phi) is 4.44. The van der Waals surface area contributed by atoms with Crippen molar-refractivity contribution in [2.24, 2.45) is 5.92 Å². The quantitative estimate of drug-likeness (QED) is 0.832. The molecule has 2 aliphatic rings. The minimum Gasteiger partial charge on any atom is -0.493 e. The number of benzene rings is 1. The fraction of sp³-hybridized carbons (Fsp3) is 0.588. The monoisotopic (exact) mass is 288 g/mol. The Morgan fingerprint density at radius 2 is 2.10 bits per heavy atom. The van der Waals surface area contributed by atoms with E-state index in [9.17, 15) is 4.79 Å². The van der Waals surface area contributed by atoms with Gasteiger partial charge in [-0.05, 0) is 30.4 Å². The van der Waals surface area contributed by atoms with Crippen LogP contribution in [-0.4, -0.2) is 55.5 Å². The van der Waals surface area contributed by atoms with E-state index in [1.165, 1.54) is 5.56 Å². The topological polar surface area (TPSA) is 32.8 Å². The van der Waals surface area contributed by atoms with Gasteiger partial charge in [0.25, 0.3) is 0 Å². The van der Waals surface area contributed by atoms with Crippen LogP contribution in [0.4, 0.5) is 0 Å². The van der Waals surface area contributed by atoms with E-state index in [0.29, 0.717) is 12.3 Å². The van der Waals surface area contributed by atoms with Crippen molar-refractivity contribution in [2.75, 3.05) is 39.8 Å². The summed E-state index contributed by atoms with van der Waals surface area (Å²) < 4.78 is 5.85. The van der Waals surface area contributed by atoms with Gasteiger partial charge >= 0.3 is 0 Å². The fourth-order valence-corrected chi connectivity index (χ4v) is 3.24. The number of nitrogens with zero attached hydrogens (tertiary/aromatic N) is 2. The second-order valence-electron chi connectivity index (χ2n) is 6.18. The third-order valence-electron chi connectivity index (χ3n) is 4.60. The molecule has 0 aliphatic carbocycles. The first kappa shape index (κ1) is 14.4. The highest BCUT2D eigenvalue weighted by molar-refractivity contribution is 5.76. The molecular formula is C17H24N2O2. The van der Waals surface area contributed by atoms with Gasteiger partial charge in [-0.1, -0.05) is 18.2 Å². The van der Waals surface area contributed by atoms with E-state index in [0.717, 1.165) is 51.4 Å². The molecule has 1 atom stereocenters. The lowest BCUT2D eigenvalue weighted by atomic mass is 9.96. The SMILES string of the molecule is CN1CCN(C[C@H]2CCOc3ccccc3C2)CCC1=O. The van der Waals surface area contributed by atoms with Crippen LogP contribution >= 0.6 is 0 Å². The smallest absolute Gasteiger partial charge is 0.223 e. The van der Waals surface area contributed by atoms with Crippen molar-refractivity contribution < 1.29 is 9.53 Å². The van der Waals surface area contributed by atoms with E-state index in [-0.39, 0.29) is 5.91 Å². The van der Waals surface area contributed by atoms with Crippen LogP contribution in [0.5, 0.6) is 5.75 Å². The van der Waals surface area contributed by atoms with E-state index in [4.69, 9.17) is 4.74 Å². The van der Waals surface area contributed by atoms with Gasteiger partial charge in [-0.3, -0.25) is 4.79 Å². The van der Waals surface area contributed by atoms with Crippen molar-refractivity contribution in [1.29, 1.82) is 0 Å². The van der Waals surface area contributed by atoms with Crippen molar-refractivity contribution in [3.05, 3.63) is 29.8 Å². The highest BCUT2D eigenvalue weighted by atomic mass is 16.5. The van der Waals surface area contributed by atoms with Gasteiger partial charge in [0.05, 0.1) is 6.61 Å². The van der Waals surface area contributed by atoms with Gasteiger partial charge in [-0.15, -0.1) is 0 Å². The number of rotatable bonds is 2. The Morgan fingerprint density at radius 1 is 1.24 bits per heavy atom. The molecule has 114 valence electrons. The van der Waals surface area contributed by atoms with Crippen LogP contribution in [0.2, 0.25) is 0 Å². The lowest BCUT2D eigenvalue weighted by Crippen LogP contribution is -2.34. The molecule has 1 aromatic rings. The Balaban J connectivity index is 1.61. The molecule has 1 aromatic carbocycles. The van der Waals surface area contributed by atoms with Crippen LogP contribution in [0.15, 0.2) is 24.3 Å². The number of carbonyl (C=O) groups excluding carboxylic acids is 1. The van der Waals surface area contributed by atoms with E-state index < -0.39 is 0 Å². The molecule has 4 heteroatoms. The zero-order valence-electron chi connectivity index (χ0n) is 12.8. The standard InChI is InChI=1S/C17H24N2O2/c1-18-9-10-19(8-6-17(18)20)13-14-7-11-21-16-5-3-2-4-15(16)12-14/h2-5,14H,6-13H2,1H3/t14-/m0/s1. The molecule has 21 heavy (non-hydrogen) atoms. The molecule has 2 heterocycles. The lowest BCUT2D eigenvalue weighted by molar-refractivity contribution is -0.129. The van der Waals surface area contributed by atoms with Crippen molar-refractivity contribution in [1.82, 2.24) is 9.80 Å². The maximum atomic E-state index is 11.7. The molecule has 0 aromatic heterocycles. The van der Waals surface area contributed by atoms with E-state index in [2.05, 4.69) is 23.1 Å². The first-order chi connectivity index (χ1) is 10.2. The number of likely N-dealkylation sites (N-methyl/N-ethyl adjacent to an activating group) is 1. The molecule has 1 saturated heterocycles. The highest BCUT2D eigenvalue weighted by Crippen LogP contribution is 2.27. The largest absolute Gasteiger partial charge is 0.493 e. The minimum absolute atomic E-state index is 0.270. The molecule has 0 unspecified atom stereocenters. The maximum absolute atomic E-state index is 11.7. The van der Waals surface area contributed by atoms with Crippen molar-refractivity contribution in [3.8, 4) is 5.75 Å². The van der Waals surface area contributed by atoms with Crippen LogP contribution in [0, 0.1) is 5.92 Å². The number of hydrogen-bond acceptors (Lipinski definition) is 3. The van der Waals surface area contributed by atoms with Gasteiger partial charge in [-0.25, -0.2) is 0 Å². The van der Waals surface area contributed by atoms with Crippen LogP contribution < -0.4 is 4.74 Å². The fourth-order valence-electron chi connectivity index (χ4n) is 3.24. The summed E-state index contributed by atoms with van der Waals surface area (Å²) >= 11 is 0. The summed E-state index contributed by atoms with van der Waals surface area (Å²) in [5.41, 5.74) is 1.32. The molecule has 0 bridgehead atoms. The molecule has 2 aliphatic heterocycles. The summed E-state index contributed by atoms with van der Waals surface area (Å²) in [6.07, 6.45) is 2.82. The Labute approximate surface area is 126 Å². The first-order valence-electron chi connectivity index (χ1n) is 7.89. The molecule has 0 N–H and O–H groups in total. The number of amides is 1. The van der Waals surface area contributed by atoms with Gasteiger partial charge in [0.1, 0.15) is 5.75 Å². The Morgan fingerprint density at radius 3 is 3.00 bits per heavy atom. The van der Waals surface area contributed by atoms with Gasteiger partial charge in [0, 0.05) is 39.6 Å². The van der Waals surface area contributed by atoms with E-state index in [1.807, 2.05) is 18.0 Å². The first-order valence-corrected chi connectivity index (χ1v) is 7.89. The minimum atomic E-state index is 0.270. The molecule has 1 fully saturated rings. The zero-order valence-corrected chi connectivity index (χ0v) is 12.8. The van der Waals surface area contributed by atoms with Gasteiger partial charge in [0.2, 0.25) is 5.91 Å². The van der Waals surface area contributed by atoms with Crippen LogP contribution in [0.25, 0.3) is 0 Å². The van der Waals surface area contributed by atoms with Crippen LogP contribution in [0.3, 0.4) is 0 Å². The van der Waals surface area contributed by atoms with E-state index >= 15 is 0 Å². The maximum Gasteiger partial charge on any atom is 0.223 e. The summed E-state index contributed by atoms with van der Waals surface area (Å²) in [6, 6.07) is 8.37. The summed E-state index contributed by atoms with van der Waals surface area (Å²) in [4.78, 5) is 16.0. The summed E-state index contributed by atoms with van der Waals surface area (Å²) in [7, 11) is 1.90. The highest BCUT2D eigenvalue weighted by Gasteiger charge is 2.23. The van der Waals surface area contributed by atoms with Gasteiger partial charge < -0.3 is 14.5 Å².